The maximum atomic E-state index is 13.1. The number of anilines is 2. The number of hydrogen-bond donors (Lipinski definition) is 3. The van der Waals surface area contributed by atoms with Crippen molar-refractivity contribution in [3.8, 4) is 0 Å². The van der Waals surface area contributed by atoms with Gasteiger partial charge in [-0.15, -0.1) is 11.3 Å². The summed E-state index contributed by atoms with van der Waals surface area (Å²) in [6, 6.07) is 14.3. The quantitative estimate of drug-likeness (QED) is 0.175. The van der Waals surface area contributed by atoms with E-state index in [2.05, 4.69) is 79.9 Å². The highest BCUT2D eigenvalue weighted by Gasteiger charge is 2.19. The van der Waals surface area contributed by atoms with Gasteiger partial charge in [0.1, 0.15) is 11.3 Å². The molecule has 254 valence electrons. The van der Waals surface area contributed by atoms with Gasteiger partial charge in [0.05, 0.1) is 17.2 Å². The molecule has 0 radical (unpaired) electrons. The van der Waals surface area contributed by atoms with E-state index in [-0.39, 0.29) is 5.91 Å². The van der Waals surface area contributed by atoms with Gasteiger partial charge in [-0.25, -0.2) is 4.79 Å². The largest absolute Gasteiger partial charge is 0.444 e. The lowest BCUT2D eigenvalue weighted by molar-refractivity contribution is 0.0635. The molecule has 0 aliphatic carbocycles. The molecule has 1 aliphatic rings. The van der Waals surface area contributed by atoms with Crippen molar-refractivity contribution in [2.75, 3.05) is 63.5 Å². The number of nitrogens with one attached hydrogen (secondary N) is 3. The molecule has 2 aromatic heterocycles. The van der Waals surface area contributed by atoms with Crippen LogP contribution in [0.15, 0.2) is 71.3 Å². The van der Waals surface area contributed by atoms with Gasteiger partial charge in [0.15, 0.2) is 0 Å². The van der Waals surface area contributed by atoms with Crippen molar-refractivity contribution in [2.45, 2.75) is 59.1 Å². The molecule has 0 atom stereocenters. The summed E-state index contributed by atoms with van der Waals surface area (Å²) in [6.07, 6.45) is 6.39. The number of amides is 2. The zero-order valence-electron chi connectivity index (χ0n) is 28.6. The Morgan fingerprint density at radius 3 is 2.38 bits per heavy atom. The Kier molecular flexibility index (Phi) is 13.6. The van der Waals surface area contributed by atoms with Crippen LogP contribution in [0.5, 0.6) is 0 Å². The Balaban J connectivity index is 1.39. The predicted molar refractivity (Wildman–Crippen MR) is 192 cm³/mol. The molecule has 1 aliphatic heterocycles. The van der Waals surface area contributed by atoms with Gasteiger partial charge in [-0.05, 0) is 76.9 Å². The van der Waals surface area contributed by atoms with Gasteiger partial charge < -0.3 is 30.1 Å². The Bertz CT molecular complexity index is 1430. The Hall–Kier alpha value is -3.93. The van der Waals surface area contributed by atoms with Crippen LogP contribution in [0.2, 0.25) is 0 Å². The van der Waals surface area contributed by atoms with Gasteiger partial charge in [-0.2, -0.15) is 0 Å². The molecule has 10 nitrogen and oxygen atoms in total. The molecule has 11 heteroatoms. The zero-order chi connectivity index (χ0) is 33.6. The van der Waals surface area contributed by atoms with Gasteiger partial charge in [0.25, 0.3) is 5.91 Å². The summed E-state index contributed by atoms with van der Waals surface area (Å²) in [6.45, 7) is 15.5. The average Bonchev–Trinajstić information content (AvgIpc) is 3.46. The molecule has 1 fully saturated rings. The monoisotopic (exact) mass is 661 g/mol. The topological polar surface area (TPSA) is 102 Å². The van der Waals surface area contributed by atoms with Crippen LogP contribution >= 0.6 is 11.3 Å². The normalized spacial score (nSPS) is 14.4. The number of pyridine rings is 1. The molecule has 47 heavy (non-hydrogen) atoms. The number of nitrogens with zero attached hydrogens (tertiary/aromatic N) is 4. The zero-order valence-corrected chi connectivity index (χ0v) is 29.4. The second kappa shape index (κ2) is 17.8. The van der Waals surface area contributed by atoms with E-state index in [1.54, 1.807) is 43.8 Å². The maximum Gasteiger partial charge on any atom is 0.412 e. The lowest BCUT2D eigenvalue weighted by Crippen LogP contribution is -2.45. The third-order valence-corrected chi connectivity index (χ3v) is 8.52. The van der Waals surface area contributed by atoms with Crippen molar-refractivity contribution in [3.05, 3.63) is 88.1 Å². The Morgan fingerprint density at radius 2 is 1.72 bits per heavy atom. The van der Waals surface area contributed by atoms with Gasteiger partial charge in [0.2, 0.25) is 0 Å². The molecule has 2 amide bonds. The van der Waals surface area contributed by atoms with E-state index in [0.717, 1.165) is 76.5 Å². The highest BCUT2D eigenvalue weighted by atomic mass is 32.1. The third-order valence-electron chi connectivity index (χ3n) is 7.78. The van der Waals surface area contributed by atoms with E-state index in [1.165, 1.54) is 16.9 Å². The fourth-order valence-corrected chi connectivity index (χ4v) is 6.00. The number of rotatable bonds is 15. The number of likely N-dealkylation sites (N-methyl/N-ethyl adjacent to an activating group) is 1. The number of aromatic nitrogens is 1. The van der Waals surface area contributed by atoms with E-state index in [4.69, 9.17) is 4.74 Å². The van der Waals surface area contributed by atoms with E-state index < -0.39 is 11.7 Å². The van der Waals surface area contributed by atoms with Crippen LogP contribution in [0.25, 0.3) is 0 Å². The van der Waals surface area contributed by atoms with Gasteiger partial charge >= 0.3 is 6.09 Å². The molecule has 0 bridgehead atoms. The molecule has 0 spiro atoms. The molecule has 3 N–H and O–H groups in total. The summed E-state index contributed by atoms with van der Waals surface area (Å²) in [5, 5.41) is 12.8. The maximum absolute atomic E-state index is 13.1. The highest BCUT2D eigenvalue weighted by Crippen LogP contribution is 2.27. The minimum Gasteiger partial charge on any atom is -0.444 e. The summed E-state index contributed by atoms with van der Waals surface area (Å²) < 4.78 is 5.35. The van der Waals surface area contributed by atoms with Crippen LogP contribution in [-0.2, 0) is 17.7 Å². The summed E-state index contributed by atoms with van der Waals surface area (Å²) in [7, 11) is 2.19. The predicted octanol–water partition coefficient (Wildman–Crippen LogP) is 6.27. The van der Waals surface area contributed by atoms with Crippen molar-refractivity contribution in [3.63, 3.8) is 0 Å². The first kappa shape index (κ1) is 35.9. The number of ether oxygens (including phenoxy) is 1. The average molecular weight is 662 g/mol. The summed E-state index contributed by atoms with van der Waals surface area (Å²) in [5.41, 5.74) is 2.99. The second-order valence-corrected chi connectivity index (χ2v) is 13.7. The van der Waals surface area contributed by atoms with Crippen molar-refractivity contribution in [1.29, 1.82) is 0 Å². The Morgan fingerprint density at radius 1 is 1.00 bits per heavy atom. The van der Waals surface area contributed by atoms with Gasteiger partial charge in [0, 0.05) is 62.8 Å². The van der Waals surface area contributed by atoms with Crippen molar-refractivity contribution in [2.24, 2.45) is 0 Å². The number of thiophene rings is 1. The number of carbonyl (C=O) groups excluding carboxylic acids is 2. The first-order chi connectivity index (χ1) is 22.6. The van der Waals surface area contributed by atoms with Crippen molar-refractivity contribution >= 4 is 34.7 Å². The van der Waals surface area contributed by atoms with Crippen LogP contribution in [0.4, 0.5) is 16.2 Å². The van der Waals surface area contributed by atoms with Crippen molar-refractivity contribution in [1.82, 2.24) is 25.0 Å². The van der Waals surface area contributed by atoms with Crippen LogP contribution in [0.1, 0.15) is 62.2 Å². The summed E-state index contributed by atoms with van der Waals surface area (Å²) >= 11 is 1.37. The van der Waals surface area contributed by atoms with Crippen molar-refractivity contribution < 1.29 is 14.3 Å². The number of hydrogen-bond acceptors (Lipinski definition) is 9. The number of allylic oxidation sites excluding steroid dienone is 1. The fourth-order valence-electron chi connectivity index (χ4n) is 5.29. The lowest BCUT2D eigenvalue weighted by atomic mass is 10.1. The van der Waals surface area contributed by atoms with Gasteiger partial charge in [-0.1, -0.05) is 43.3 Å². The van der Waals surface area contributed by atoms with E-state index >= 15 is 0 Å². The van der Waals surface area contributed by atoms with E-state index in [1.807, 2.05) is 12.1 Å². The summed E-state index contributed by atoms with van der Waals surface area (Å²) in [4.78, 5) is 37.2. The molecule has 4 rings (SSSR count). The molecular weight excluding hydrogens is 611 g/mol. The molecular formula is C36H51N7O3S. The first-order valence-corrected chi connectivity index (χ1v) is 17.5. The van der Waals surface area contributed by atoms with Crippen LogP contribution in [-0.4, -0.2) is 90.1 Å². The first-order valence-electron chi connectivity index (χ1n) is 16.6. The van der Waals surface area contributed by atoms with Gasteiger partial charge in [-0.3, -0.25) is 15.1 Å². The SMILES string of the molecule is CC/C=C(\NCCc1ccccc1)N(CCCN1CCN(C)CC1)Cc1ccc(C(=O)Nc2cscc2NC(=O)OC(C)(C)C)nc1. The molecule has 1 aromatic carbocycles. The second-order valence-electron chi connectivity index (χ2n) is 12.9. The van der Waals surface area contributed by atoms with Crippen LogP contribution in [0, 0.1) is 0 Å². The number of carbonyl (C=O) groups is 2. The minimum absolute atomic E-state index is 0.301. The number of benzene rings is 1. The van der Waals surface area contributed by atoms with E-state index in [9.17, 15) is 9.59 Å². The van der Waals surface area contributed by atoms with Crippen LogP contribution < -0.4 is 16.0 Å². The fraction of sp³-hybridized carbons (Fsp3) is 0.472. The Labute approximate surface area is 284 Å². The van der Waals surface area contributed by atoms with E-state index in [0.29, 0.717) is 23.6 Å². The number of piperazine rings is 1. The third kappa shape index (κ3) is 12.3. The molecule has 3 aromatic rings. The lowest BCUT2D eigenvalue weighted by Gasteiger charge is -2.34. The summed E-state index contributed by atoms with van der Waals surface area (Å²) in [5.74, 6) is 0.784. The standard InChI is InChI=1S/C36H51N7O3S/c1-6-11-33(37-17-16-28-12-8-7-9-13-28)43(19-10-18-42-22-20-41(5)21-23-42)25-29-14-15-30(38-24-29)34(44)39-31-26-47-27-32(31)40-35(45)46-36(2,3)4/h7-9,11-15,24,26-27,37H,6,10,16-23,25H2,1-5H3,(H,39,44)(H,40,45)/b33-11+. The molecule has 0 saturated carbocycles. The smallest absolute Gasteiger partial charge is 0.412 e. The minimum atomic E-state index is -0.624. The van der Waals surface area contributed by atoms with Crippen LogP contribution in [0.3, 0.4) is 0 Å². The molecule has 3 heterocycles. The molecule has 1 saturated heterocycles. The highest BCUT2D eigenvalue weighted by molar-refractivity contribution is 7.09. The molecule has 0 unspecified atom stereocenters.